The van der Waals surface area contributed by atoms with E-state index in [9.17, 15) is 18.7 Å². The van der Waals surface area contributed by atoms with E-state index < -0.39 is 17.6 Å². The van der Waals surface area contributed by atoms with Crippen LogP contribution in [-0.4, -0.2) is 45.6 Å². The summed E-state index contributed by atoms with van der Waals surface area (Å²) in [6.45, 7) is 1.21. The minimum atomic E-state index is -0.904. The molecule has 3 fully saturated rings. The minimum absolute atomic E-state index is 0.0467. The van der Waals surface area contributed by atoms with Crippen molar-refractivity contribution in [3.05, 3.63) is 53.9 Å². The molecule has 2 aliphatic carbocycles. The van der Waals surface area contributed by atoms with Crippen LogP contribution in [0.15, 0.2) is 36.5 Å². The van der Waals surface area contributed by atoms with Crippen LogP contribution < -0.4 is 4.74 Å². The molecule has 196 valence electrons. The van der Waals surface area contributed by atoms with E-state index in [4.69, 9.17) is 14.5 Å². The summed E-state index contributed by atoms with van der Waals surface area (Å²) in [7, 11) is 0. The third-order valence-corrected chi connectivity index (χ3v) is 8.68. The van der Waals surface area contributed by atoms with Gasteiger partial charge in [-0.25, -0.2) is 13.8 Å². The Labute approximate surface area is 217 Å². The van der Waals surface area contributed by atoms with Crippen molar-refractivity contribution in [3.8, 4) is 17.0 Å². The third kappa shape index (κ3) is 3.83. The summed E-state index contributed by atoms with van der Waals surface area (Å²) in [4.78, 5) is 16.4. The summed E-state index contributed by atoms with van der Waals surface area (Å²) in [5.74, 6) is -2.18. The fourth-order valence-corrected chi connectivity index (χ4v) is 6.69. The number of aromatic amines is 1. The highest BCUT2D eigenvalue weighted by Gasteiger charge is 2.56. The first-order chi connectivity index (χ1) is 18.4. The van der Waals surface area contributed by atoms with Crippen molar-refractivity contribution in [2.75, 3.05) is 13.2 Å². The lowest BCUT2D eigenvalue weighted by Crippen LogP contribution is -2.53. The Morgan fingerprint density at radius 3 is 2.58 bits per heavy atom. The molecule has 2 saturated carbocycles. The smallest absolute Gasteiger partial charge is 0.306 e. The number of aromatic nitrogens is 3. The standard InChI is InChI=1S/C29H27F2N3O4/c30-22-2-1-16(8-23(22)31)25-20-7-17-14-32-34-24(17)9-21(20)27(33-26(25)15-3-5-37-6-4-15)38-19-12-29(13-19)10-18(11-29)28(35)36/h1-2,7-9,14-15,18-19H,3-6,10-13H2,(H,32,34)(H,35,36). The number of benzene rings is 2. The molecule has 2 aromatic carbocycles. The second kappa shape index (κ2) is 8.73. The molecular formula is C29H27F2N3O4. The summed E-state index contributed by atoms with van der Waals surface area (Å²) in [6, 6.07) is 7.95. The lowest BCUT2D eigenvalue weighted by atomic mass is 9.50. The molecule has 0 radical (unpaired) electrons. The third-order valence-electron chi connectivity index (χ3n) is 8.68. The normalized spacial score (nSPS) is 25.4. The summed E-state index contributed by atoms with van der Waals surface area (Å²) in [6.07, 6.45) is 6.25. The van der Waals surface area contributed by atoms with E-state index in [-0.39, 0.29) is 23.4 Å². The van der Waals surface area contributed by atoms with Crippen LogP contribution in [0.5, 0.6) is 5.88 Å². The maximum Gasteiger partial charge on any atom is 0.306 e. The van der Waals surface area contributed by atoms with E-state index in [0.717, 1.165) is 64.7 Å². The number of nitrogens with one attached hydrogen (secondary N) is 1. The van der Waals surface area contributed by atoms with Crippen LogP contribution in [0, 0.1) is 23.0 Å². The number of carboxylic acid groups (broad SMARTS) is 1. The van der Waals surface area contributed by atoms with E-state index in [1.807, 2.05) is 12.1 Å². The van der Waals surface area contributed by atoms with Crippen molar-refractivity contribution in [2.24, 2.45) is 11.3 Å². The van der Waals surface area contributed by atoms with Crippen LogP contribution in [0.25, 0.3) is 32.8 Å². The number of fused-ring (bicyclic) bond motifs is 2. The van der Waals surface area contributed by atoms with Crippen molar-refractivity contribution in [3.63, 3.8) is 0 Å². The van der Waals surface area contributed by atoms with Crippen molar-refractivity contribution in [1.29, 1.82) is 0 Å². The largest absolute Gasteiger partial charge is 0.481 e. The van der Waals surface area contributed by atoms with Crippen molar-refractivity contribution >= 4 is 27.6 Å². The second-order valence-corrected chi connectivity index (χ2v) is 11.1. The van der Waals surface area contributed by atoms with Gasteiger partial charge in [-0.05, 0) is 79.2 Å². The van der Waals surface area contributed by atoms with Gasteiger partial charge in [0.05, 0.1) is 23.3 Å². The maximum absolute atomic E-state index is 14.4. The molecular weight excluding hydrogens is 492 g/mol. The van der Waals surface area contributed by atoms with Gasteiger partial charge in [-0.3, -0.25) is 9.89 Å². The first kappa shape index (κ1) is 23.5. The Bertz CT molecular complexity index is 1570. The van der Waals surface area contributed by atoms with Crippen LogP contribution in [0.4, 0.5) is 8.78 Å². The Morgan fingerprint density at radius 2 is 1.84 bits per heavy atom. The molecule has 7 nitrogen and oxygen atoms in total. The number of halogens is 2. The van der Waals surface area contributed by atoms with E-state index in [2.05, 4.69) is 10.2 Å². The minimum Gasteiger partial charge on any atom is -0.481 e. The molecule has 4 aromatic rings. The molecule has 0 amide bonds. The predicted molar refractivity (Wildman–Crippen MR) is 136 cm³/mol. The number of pyridine rings is 1. The number of nitrogens with zero attached hydrogens (tertiary/aromatic N) is 2. The number of carbonyl (C=O) groups is 1. The van der Waals surface area contributed by atoms with Crippen molar-refractivity contribution < 1.29 is 28.2 Å². The quantitative estimate of drug-likeness (QED) is 0.337. The topological polar surface area (TPSA) is 97.3 Å². The molecule has 3 heterocycles. The molecule has 0 atom stereocenters. The monoisotopic (exact) mass is 519 g/mol. The van der Waals surface area contributed by atoms with Gasteiger partial charge >= 0.3 is 5.97 Å². The fraction of sp³-hybridized carbons (Fsp3) is 0.414. The molecule has 7 rings (SSSR count). The summed E-state index contributed by atoms with van der Waals surface area (Å²) in [5, 5.41) is 19.0. The Balaban J connectivity index is 1.35. The molecule has 38 heavy (non-hydrogen) atoms. The number of aliphatic carboxylic acids is 1. The van der Waals surface area contributed by atoms with Gasteiger partial charge in [-0.15, -0.1) is 0 Å². The lowest BCUT2D eigenvalue weighted by molar-refractivity contribution is -0.161. The Morgan fingerprint density at radius 1 is 1.05 bits per heavy atom. The van der Waals surface area contributed by atoms with Gasteiger partial charge in [0.1, 0.15) is 6.10 Å². The highest BCUT2D eigenvalue weighted by atomic mass is 19.2. The Hall–Kier alpha value is -3.59. The van der Waals surface area contributed by atoms with Crippen LogP contribution >= 0.6 is 0 Å². The number of rotatable bonds is 5. The molecule has 3 aliphatic rings. The number of H-pyrrole nitrogens is 1. The van der Waals surface area contributed by atoms with Gasteiger partial charge < -0.3 is 14.6 Å². The number of carboxylic acids is 1. The van der Waals surface area contributed by atoms with Crippen molar-refractivity contribution in [2.45, 2.75) is 50.5 Å². The first-order valence-electron chi connectivity index (χ1n) is 13.1. The number of hydrogen-bond donors (Lipinski definition) is 2. The fourth-order valence-electron chi connectivity index (χ4n) is 6.69. The van der Waals surface area contributed by atoms with E-state index in [1.54, 1.807) is 12.3 Å². The highest BCUT2D eigenvalue weighted by Crippen LogP contribution is 2.59. The summed E-state index contributed by atoms with van der Waals surface area (Å²) < 4.78 is 40.5. The van der Waals surface area contributed by atoms with Crippen LogP contribution in [0.3, 0.4) is 0 Å². The van der Waals surface area contributed by atoms with E-state index in [1.165, 1.54) is 6.07 Å². The molecule has 2 aromatic heterocycles. The summed E-state index contributed by atoms with van der Waals surface area (Å²) in [5.41, 5.74) is 3.03. The molecule has 2 N–H and O–H groups in total. The van der Waals surface area contributed by atoms with Crippen LogP contribution in [0.1, 0.15) is 50.1 Å². The van der Waals surface area contributed by atoms with Gasteiger partial charge in [-0.1, -0.05) is 6.07 Å². The molecule has 1 aliphatic heterocycles. The first-order valence-corrected chi connectivity index (χ1v) is 13.1. The summed E-state index contributed by atoms with van der Waals surface area (Å²) >= 11 is 0. The number of ether oxygens (including phenoxy) is 2. The number of hydrogen-bond acceptors (Lipinski definition) is 5. The lowest BCUT2D eigenvalue weighted by Gasteiger charge is -2.55. The zero-order valence-corrected chi connectivity index (χ0v) is 20.7. The molecule has 1 spiro atoms. The molecule has 0 unspecified atom stereocenters. The van der Waals surface area contributed by atoms with Gasteiger partial charge in [-0.2, -0.15) is 5.10 Å². The zero-order chi connectivity index (χ0) is 26.0. The van der Waals surface area contributed by atoms with Crippen LogP contribution in [0.2, 0.25) is 0 Å². The molecule has 9 heteroatoms. The van der Waals surface area contributed by atoms with E-state index in [0.29, 0.717) is 37.5 Å². The average molecular weight is 520 g/mol. The Kier molecular flexibility index (Phi) is 5.40. The second-order valence-electron chi connectivity index (χ2n) is 11.1. The van der Waals surface area contributed by atoms with Gasteiger partial charge in [0.2, 0.25) is 5.88 Å². The van der Waals surface area contributed by atoms with E-state index >= 15 is 0 Å². The van der Waals surface area contributed by atoms with Gasteiger partial charge in [0.25, 0.3) is 0 Å². The van der Waals surface area contributed by atoms with Gasteiger partial charge in [0, 0.05) is 35.5 Å². The van der Waals surface area contributed by atoms with Crippen LogP contribution in [-0.2, 0) is 9.53 Å². The van der Waals surface area contributed by atoms with Gasteiger partial charge in [0.15, 0.2) is 11.6 Å². The van der Waals surface area contributed by atoms with Crippen molar-refractivity contribution in [1.82, 2.24) is 15.2 Å². The molecule has 0 bridgehead atoms. The average Bonchev–Trinajstić information content (AvgIpc) is 3.32. The predicted octanol–water partition coefficient (Wildman–Crippen LogP) is 5.97. The zero-order valence-electron chi connectivity index (χ0n) is 20.7. The maximum atomic E-state index is 14.4. The SMILES string of the molecule is O=C(O)C1CC2(CC(Oc3nc(C4CCOCC4)c(-c4ccc(F)c(F)c4)c4cc5cn[nH]c5cc34)C2)C1. The molecule has 1 saturated heterocycles. The highest BCUT2D eigenvalue weighted by molar-refractivity contribution is 6.06.